The molecule has 3 aromatic rings. The molecular formula is C26H23F3N2O3. The van der Waals surface area contributed by atoms with Gasteiger partial charge < -0.3 is 14.9 Å². The van der Waals surface area contributed by atoms with E-state index in [0.29, 0.717) is 6.42 Å². The Bertz CT molecular complexity index is 1190. The van der Waals surface area contributed by atoms with Crippen LogP contribution in [-0.4, -0.2) is 52.9 Å². The maximum absolute atomic E-state index is 13.3. The molecule has 0 bridgehead atoms. The van der Waals surface area contributed by atoms with Crippen molar-refractivity contribution in [1.29, 1.82) is 0 Å². The van der Waals surface area contributed by atoms with Crippen molar-refractivity contribution in [2.75, 3.05) is 26.2 Å². The molecule has 34 heavy (non-hydrogen) atoms. The highest BCUT2D eigenvalue weighted by Gasteiger charge is 2.36. The summed E-state index contributed by atoms with van der Waals surface area (Å²) >= 11 is 0. The second-order valence-corrected chi connectivity index (χ2v) is 8.14. The van der Waals surface area contributed by atoms with E-state index in [9.17, 15) is 27.9 Å². The predicted molar refractivity (Wildman–Crippen MR) is 121 cm³/mol. The Balaban J connectivity index is 1.44. The molecule has 1 aliphatic rings. The van der Waals surface area contributed by atoms with E-state index in [2.05, 4.69) is 0 Å². The standard InChI is InChI=1S/C26H23F3N2O3/c27-26(28,29)22-9-5-4-8-20(22)24(33)30-12-14-31(15-13-30)25(34)21-17-19(10-11-23(21)32)16-18-6-2-1-3-7-18/h1-11,17,32H,12-16H2. The maximum Gasteiger partial charge on any atom is 0.417 e. The van der Waals surface area contributed by atoms with Gasteiger partial charge in [-0.25, -0.2) is 0 Å². The van der Waals surface area contributed by atoms with Gasteiger partial charge in [0.2, 0.25) is 0 Å². The first-order valence-corrected chi connectivity index (χ1v) is 10.8. The van der Waals surface area contributed by atoms with E-state index in [4.69, 9.17) is 0 Å². The molecule has 8 heteroatoms. The lowest BCUT2D eigenvalue weighted by molar-refractivity contribution is -0.138. The fourth-order valence-corrected chi connectivity index (χ4v) is 4.07. The van der Waals surface area contributed by atoms with Crippen LogP contribution in [0.3, 0.4) is 0 Å². The largest absolute Gasteiger partial charge is 0.507 e. The number of hydrogen-bond donors (Lipinski definition) is 1. The van der Waals surface area contributed by atoms with Crippen LogP contribution in [0, 0.1) is 0 Å². The number of benzene rings is 3. The predicted octanol–water partition coefficient (Wildman–Crippen LogP) is 4.60. The average molecular weight is 468 g/mol. The van der Waals surface area contributed by atoms with E-state index in [1.165, 1.54) is 34.1 Å². The molecule has 0 aliphatic carbocycles. The number of alkyl halides is 3. The Labute approximate surface area is 195 Å². The highest BCUT2D eigenvalue weighted by molar-refractivity contribution is 5.98. The second kappa shape index (κ2) is 9.59. The molecule has 0 unspecified atom stereocenters. The van der Waals surface area contributed by atoms with Gasteiger partial charge in [0, 0.05) is 26.2 Å². The maximum atomic E-state index is 13.3. The van der Waals surface area contributed by atoms with Crippen LogP contribution in [0.25, 0.3) is 0 Å². The van der Waals surface area contributed by atoms with Crippen molar-refractivity contribution in [1.82, 2.24) is 9.80 Å². The molecule has 0 radical (unpaired) electrons. The smallest absolute Gasteiger partial charge is 0.417 e. The molecule has 1 N–H and O–H groups in total. The number of carbonyl (C=O) groups is 2. The van der Waals surface area contributed by atoms with Crippen LogP contribution in [-0.2, 0) is 12.6 Å². The van der Waals surface area contributed by atoms with Crippen molar-refractivity contribution >= 4 is 11.8 Å². The number of nitrogens with zero attached hydrogens (tertiary/aromatic N) is 2. The number of hydrogen-bond acceptors (Lipinski definition) is 3. The van der Waals surface area contributed by atoms with Gasteiger partial charge in [0.05, 0.1) is 16.7 Å². The summed E-state index contributed by atoms with van der Waals surface area (Å²) in [6, 6.07) is 19.3. The molecule has 0 aromatic heterocycles. The van der Waals surface area contributed by atoms with Crippen LogP contribution in [0.5, 0.6) is 5.75 Å². The van der Waals surface area contributed by atoms with Crippen molar-refractivity contribution in [3.05, 3.63) is 101 Å². The van der Waals surface area contributed by atoms with Gasteiger partial charge in [0.1, 0.15) is 5.75 Å². The first kappa shape index (κ1) is 23.4. The molecule has 1 aliphatic heterocycles. The normalized spacial score (nSPS) is 14.2. The van der Waals surface area contributed by atoms with Gasteiger partial charge in [-0.3, -0.25) is 9.59 Å². The van der Waals surface area contributed by atoms with E-state index in [1.54, 1.807) is 12.1 Å². The lowest BCUT2D eigenvalue weighted by Crippen LogP contribution is -2.50. The molecule has 1 fully saturated rings. The summed E-state index contributed by atoms with van der Waals surface area (Å²) in [5, 5.41) is 10.3. The minimum absolute atomic E-state index is 0.0984. The third-order valence-electron chi connectivity index (χ3n) is 5.86. The molecule has 5 nitrogen and oxygen atoms in total. The monoisotopic (exact) mass is 468 g/mol. The summed E-state index contributed by atoms with van der Waals surface area (Å²) in [4.78, 5) is 28.7. The summed E-state index contributed by atoms with van der Waals surface area (Å²) in [5.41, 5.74) is 0.720. The van der Waals surface area contributed by atoms with Crippen LogP contribution in [0.15, 0.2) is 72.8 Å². The molecule has 1 heterocycles. The fraction of sp³-hybridized carbons (Fsp3) is 0.231. The van der Waals surface area contributed by atoms with E-state index in [1.807, 2.05) is 30.3 Å². The van der Waals surface area contributed by atoms with Crippen LogP contribution < -0.4 is 0 Å². The molecule has 1 saturated heterocycles. The summed E-state index contributed by atoms with van der Waals surface area (Å²) in [5.74, 6) is -1.23. The Morgan fingerprint density at radius 2 is 1.29 bits per heavy atom. The summed E-state index contributed by atoms with van der Waals surface area (Å²) in [6.45, 7) is 0.505. The number of phenols is 1. The molecule has 0 spiro atoms. The number of halogens is 3. The molecule has 0 atom stereocenters. The Morgan fingerprint density at radius 1 is 0.735 bits per heavy atom. The minimum atomic E-state index is -4.63. The lowest BCUT2D eigenvalue weighted by Gasteiger charge is -2.35. The van der Waals surface area contributed by atoms with Crippen LogP contribution in [0.1, 0.15) is 37.4 Å². The third kappa shape index (κ3) is 5.06. The van der Waals surface area contributed by atoms with Gasteiger partial charge in [-0.1, -0.05) is 48.5 Å². The molecule has 176 valence electrons. The van der Waals surface area contributed by atoms with Gasteiger partial charge in [0.15, 0.2) is 0 Å². The fourth-order valence-electron chi connectivity index (χ4n) is 4.07. The van der Waals surface area contributed by atoms with E-state index in [0.717, 1.165) is 17.2 Å². The lowest BCUT2D eigenvalue weighted by atomic mass is 10.0. The zero-order chi connectivity index (χ0) is 24.3. The van der Waals surface area contributed by atoms with Gasteiger partial charge >= 0.3 is 6.18 Å². The van der Waals surface area contributed by atoms with Gasteiger partial charge in [0.25, 0.3) is 11.8 Å². The summed E-state index contributed by atoms with van der Waals surface area (Å²) in [6.07, 6.45) is -4.03. The molecule has 3 aromatic carbocycles. The zero-order valence-corrected chi connectivity index (χ0v) is 18.3. The first-order chi connectivity index (χ1) is 16.2. The Morgan fingerprint density at radius 3 is 1.91 bits per heavy atom. The van der Waals surface area contributed by atoms with E-state index in [-0.39, 0.29) is 43.4 Å². The van der Waals surface area contributed by atoms with Crippen LogP contribution in [0.2, 0.25) is 0 Å². The molecule has 4 rings (SSSR count). The van der Waals surface area contributed by atoms with Crippen molar-refractivity contribution < 1.29 is 27.9 Å². The number of aromatic hydroxyl groups is 1. The summed E-state index contributed by atoms with van der Waals surface area (Å²) in [7, 11) is 0. The van der Waals surface area contributed by atoms with Gasteiger partial charge in [-0.2, -0.15) is 13.2 Å². The number of phenolic OH excluding ortho intramolecular Hbond substituents is 1. The second-order valence-electron chi connectivity index (χ2n) is 8.14. The number of piperazine rings is 1. The van der Waals surface area contributed by atoms with Gasteiger partial charge in [-0.05, 0) is 41.8 Å². The van der Waals surface area contributed by atoms with E-state index >= 15 is 0 Å². The minimum Gasteiger partial charge on any atom is -0.507 e. The highest BCUT2D eigenvalue weighted by Crippen LogP contribution is 2.32. The average Bonchev–Trinajstić information content (AvgIpc) is 2.84. The SMILES string of the molecule is O=C(c1cc(Cc2ccccc2)ccc1O)N1CCN(C(=O)c2ccccc2C(F)(F)F)CC1. The molecule has 0 saturated carbocycles. The Hall–Kier alpha value is -3.81. The topological polar surface area (TPSA) is 60.9 Å². The van der Waals surface area contributed by atoms with Gasteiger partial charge in [-0.15, -0.1) is 0 Å². The third-order valence-corrected chi connectivity index (χ3v) is 5.86. The highest BCUT2D eigenvalue weighted by atomic mass is 19.4. The Kier molecular flexibility index (Phi) is 6.58. The zero-order valence-electron chi connectivity index (χ0n) is 18.3. The number of amides is 2. The van der Waals surface area contributed by atoms with Crippen LogP contribution >= 0.6 is 0 Å². The number of rotatable bonds is 4. The first-order valence-electron chi connectivity index (χ1n) is 10.8. The molecule has 2 amide bonds. The quantitative estimate of drug-likeness (QED) is 0.609. The summed E-state index contributed by atoms with van der Waals surface area (Å²) < 4.78 is 39.9. The van der Waals surface area contributed by atoms with Crippen LogP contribution in [0.4, 0.5) is 13.2 Å². The van der Waals surface area contributed by atoms with Crippen molar-refractivity contribution in [2.24, 2.45) is 0 Å². The van der Waals surface area contributed by atoms with E-state index < -0.39 is 23.2 Å². The number of carbonyl (C=O) groups excluding carboxylic acids is 2. The van der Waals surface area contributed by atoms with Crippen molar-refractivity contribution in [3.63, 3.8) is 0 Å². The molecular weight excluding hydrogens is 445 g/mol. The van der Waals surface area contributed by atoms with Crippen molar-refractivity contribution in [3.8, 4) is 5.75 Å². The van der Waals surface area contributed by atoms with Crippen molar-refractivity contribution in [2.45, 2.75) is 12.6 Å².